The van der Waals surface area contributed by atoms with Crippen molar-refractivity contribution in [3.8, 4) is 11.5 Å². The first kappa shape index (κ1) is 24.3. The van der Waals surface area contributed by atoms with Crippen molar-refractivity contribution in [3.05, 3.63) is 35.3 Å². The lowest BCUT2D eigenvalue weighted by Crippen LogP contribution is -2.38. The molecule has 0 atom stereocenters. The van der Waals surface area contributed by atoms with E-state index in [-0.39, 0.29) is 24.0 Å². The summed E-state index contributed by atoms with van der Waals surface area (Å²) in [4.78, 5) is 11.2. The van der Waals surface area contributed by atoms with Gasteiger partial charge in [-0.1, -0.05) is 6.07 Å². The van der Waals surface area contributed by atoms with E-state index in [9.17, 15) is 0 Å². The number of hydrogen-bond acceptors (Lipinski definition) is 6. The maximum atomic E-state index is 5.75. The first-order valence-corrected chi connectivity index (χ1v) is 9.91. The molecule has 0 amide bonds. The van der Waals surface area contributed by atoms with Crippen LogP contribution in [0, 0.1) is 0 Å². The van der Waals surface area contributed by atoms with Crippen molar-refractivity contribution in [2.75, 3.05) is 45.8 Å². The van der Waals surface area contributed by atoms with Crippen LogP contribution in [0.15, 0.2) is 34.6 Å². The van der Waals surface area contributed by atoms with Crippen LogP contribution in [-0.2, 0) is 6.54 Å². The molecule has 2 rings (SSSR count). The molecule has 2 aromatic rings. The minimum Gasteiger partial charge on any atom is -0.497 e. The second-order valence-corrected chi connectivity index (χ2v) is 6.86. The van der Waals surface area contributed by atoms with E-state index in [4.69, 9.17) is 9.47 Å². The highest BCUT2D eigenvalue weighted by atomic mass is 127. The van der Waals surface area contributed by atoms with Gasteiger partial charge in [-0.05, 0) is 25.5 Å². The van der Waals surface area contributed by atoms with Crippen LogP contribution >= 0.6 is 35.3 Å². The molecule has 2 N–H and O–H groups in total. The summed E-state index contributed by atoms with van der Waals surface area (Å²) in [7, 11) is 5.63. The molecule has 9 heteroatoms. The van der Waals surface area contributed by atoms with Gasteiger partial charge in [-0.15, -0.1) is 35.3 Å². The summed E-state index contributed by atoms with van der Waals surface area (Å²) in [5.74, 6) is 2.40. The summed E-state index contributed by atoms with van der Waals surface area (Å²) in [6.45, 7) is 4.82. The van der Waals surface area contributed by atoms with Gasteiger partial charge in [0.25, 0.3) is 0 Å². The third-order valence-corrected chi connectivity index (χ3v) is 4.65. The molecule has 0 fully saturated rings. The minimum absolute atomic E-state index is 0. The number of benzene rings is 1. The Labute approximate surface area is 188 Å². The van der Waals surface area contributed by atoms with Crippen LogP contribution in [0.2, 0.25) is 0 Å². The van der Waals surface area contributed by atoms with Gasteiger partial charge in [-0.3, -0.25) is 0 Å². The molecule has 0 spiro atoms. The molecule has 0 saturated heterocycles. The third-order valence-electron chi connectivity index (χ3n) is 3.59. The summed E-state index contributed by atoms with van der Waals surface area (Å²) in [6.07, 6.45) is 0.864. The maximum Gasteiger partial charge on any atom is 0.191 e. The SMILES string of the molecule is CCNC(=NCc1csc(N(C)C)n1)NCCCOc1cccc(OC)c1.I. The van der Waals surface area contributed by atoms with Crippen molar-refractivity contribution in [2.45, 2.75) is 19.9 Å². The molecule has 0 aliphatic rings. The van der Waals surface area contributed by atoms with Gasteiger partial charge in [0.05, 0.1) is 26.0 Å². The highest BCUT2D eigenvalue weighted by Gasteiger charge is 2.04. The Kier molecular flexibility index (Phi) is 11.7. The number of nitrogens with zero attached hydrogens (tertiary/aromatic N) is 3. The Morgan fingerprint density at radius 1 is 1.25 bits per heavy atom. The number of thiazole rings is 1. The fourth-order valence-corrected chi connectivity index (χ4v) is 2.99. The van der Waals surface area contributed by atoms with Gasteiger partial charge in [0.15, 0.2) is 11.1 Å². The number of methoxy groups -OCH3 is 1. The molecule has 0 radical (unpaired) electrons. The number of aliphatic imine (C=N–C) groups is 1. The van der Waals surface area contributed by atoms with Gasteiger partial charge < -0.3 is 25.0 Å². The van der Waals surface area contributed by atoms with E-state index in [2.05, 4.69) is 27.5 Å². The molecule has 7 nitrogen and oxygen atoms in total. The van der Waals surface area contributed by atoms with Gasteiger partial charge in [0, 0.05) is 38.6 Å². The van der Waals surface area contributed by atoms with Crippen molar-refractivity contribution in [1.29, 1.82) is 0 Å². The van der Waals surface area contributed by atoms with E-state index in [1.807, 2.05) is 48.6 Å². The van der Waals surface area contributed by atoms with Gasteiger partial charge in [0.2, 0.25) is 0 Å². The second kappa shape index (κ2) is 13.4. The van der Waals surface area contributed by atoms with Crippen LogP contribution in [-0.4, -0.2) is 51.8 Å². The summed E-state index contributed by atoms with van der Waals surface area (Å²) >= 11 is 1.63. The van der Waals surface area contributed by atoms with Crippen molar-refractivity contribution >= 4 is 46.4 Å². The molecular formula is C19H30IN5O2S. The number of aromatic nitrogens is 1. The zero-order chi connectivity index (χ0) is 19.5. The van der Waals surface area contributed by atoms with Crippen molar-refractivity contribution in [1.82, 2.24) is 15.6 Å². The molecule has 1 heterocycles. The fraction of sp³-hybridized carbons (Fsp3) is 0.474. The van der Waals surface area contributed by atoms with Crippen molar-refractivity contribution < 1.29 is 9.47 Å². The summed E-state index contributed by atoms with van der Waals surface area (Å²) in [5, 5.41) is 9.62. The fourth-order valence-electron chi connectivity index (χ4n) is 2.24. The number of anilines is 1. The zero-order valence-corrected chi connectivity index (χ0v) is 20.0. The number of ether oxygens (including phenoxy) is 2. The third kappa shape index (κ3) is 8.51. The van der Waals surface area contributed by atoms with E-state index in [0.717, 1.165) is 47.8 Å². The van der Waals surface area contributed by atoms with Crippen molar-refractivity contribution in [3.63, 3.8) is 0 Å². The zero-order valence-electron chi connectivity index (χ0n) is 16.9. The number of hydrogen-bond donors (Lipinski definition) is 2. The van der Waals surface area contributed by atoms with Gasteiger partial charge in [-0.2, -0.15) is 0 Å². The molecule has 0 saturated carbocycles. The molecule has 1 aromatic carbocycles. The van der Waals surface area contributed by atoms with Gasteiger partial charge >= 0.3 is 0 Å². The molecule has 28 heavy (non-hydrogen) atoms. The Bertz CT molecular complexity index is 724. The van der Waals surface area contributed by atoms with Crippen LogP contribution in [0.1, 0.15) is 19.0 Å². The Hall–Kier alpha value is -1.75. The first-order valence-electron chi connectivity index (χ1n) is 9.03. The first-order chi connectivity index (χ1) is 13.1. The van der Waals surface area contributed by atoms with Crippen LogP contribution in [0.3, 0.4) is 0 Å². The smallest absolute Gasteiger partial charge is 0.191 e. The molecule has 156 valence electrons. The molecule has 0 aliphatic heterocycles. The van der Waals surface area contributed by atoms with Crippen molar-refractivity contribution in [2.24, 2.45) is 4.99 Å². The van der Waals surface area contributed by atoms with E-state index in [0.29, 0.717) is 13.2 Å². The number of halogens is 1. The highest BCUT2D eigenvalue weighted by Crippen LogP contribution is 2.19. The summed E-state index contributed by atoms with van der Waals surface area (Å²) in [6, 6.07) is 7.63. The Balaban J connectivity index is 0.00000392. The molecule has 0 bridgehead atoms. The predicted octanol–water partition coefficient (Wildman–Crippen LogP) is 3.36. The van der Waals surface area contributed by atoms with E-state index in [1.165, 1.54) is 0 Å². The normalized spacial score (nSPS) is 10.8. The predicted molar refractivity (Wildman–Crippen MR) is 128 cm³/mol. The standard InChI is InChI=1S/C19H29N5O2S.HI/c1-5-20-18(22-13-15-14-27-19(23-15)24(2)3)21-10-7-11-26-17-9-6-8-16(12-17)25-4;/h6,8-9,12,14H,5,7,10-11,13H2,1-4H3,(H2,20,21,22);1H. The lowest BCUT2D eigenvalue weighted by Gasteiger charge is -2.12. The van der Waals surface area contributed by atoms with E-state index < -0.39 is 0 Å². The average molecular weight is 519 g/mol. The Morgan fingerprint density at radius 3 is 2.71 bits per heavy atom. The Morgan fingerprint density at radius 2 is 2.04 bits per heavy atom. The van der Waals surface area contributed by atoms with E-state index in [1.54, 1.807) is 18.4 Å². The lowest BCUT2D eigenvalue weighted by molar-refractivity contribution is 0.308. The van der Waals surface area contributed by atoms with E-state index >= 15 is 0 Å². The van der Waals surface area contributed by atoms with Crippen LogP contribution in [0.4, 0.5) is 5.13 Å². The minimum atomic E-state index is 0. The van der Waals surface area contributed by atoms with Crippen LogP contribution in [0.25, 0.3) is 0 Å². The monoisotopic (exact) mass is 519 g/mol. The van der Waals surface area contributed by atoms with Crippen LogP contribution in [0.5, 0.6) is 11.5 Å². The quantitative estimate of drug-likeness (QED) is 0.217. The highest BCUT2D eigenvalue weighted by molar-refractivity contribution is 14.0. The second-order valence-electron chi connectivity index (χ2n) is 6.02. The topological polar surface area (TPSA) is 71.0 Å². The lowest BCUT2D eigenvalue weighted by atomic mass is 10.3. The molecule has 0 aliphatic carbocycles. The number of rotatable bonds is 10. The number of guanidine groups is 1. The average Bonchev–Trinajstić information content (AvgIpc) is 3.15. The van der Waals surface area contributed by atoms with Gasteiger partial charge in [-0.25, -0.2) is 9.98 Å². The molecule has 0 unspecified atom stereocenters. The van der Waals surface area contributed by atoms with Gasteiger partial charge in [0.1, 0.15) is 11.5 Å². The number of nitrogens with one attached hydrogen (secondary N) is 2. The largest absolute Gasteiger partial charge is 0.497 e. The summed E-state index contributed by atoms with van der Waals surface area (Å²) < 4.78 is 10.9. The molecular weight excluding hydrogens is 489 g/mol. The molecule has 1 aromatic heterocycles. The summed E-state index contributed by atoms with van der Waals surface area (Å²) in [5.41, 5.74) is 0.974. The van der Waals surface area contributed by atoms with Crippen LogP contribution < -0.4 is 25.0 Å². The maximum absolute atomic E-state index is 5.75.